The largest absolute Gasteiger partial charge is 0.312 e. The first-order chi connectivity index (χ1) is 9.43. The van der Waals surface area contributed by atoms with Crippen LogP contribution in [0, 0.1) is 0 Å². The molecule has 2 heterocycles. The Hall–Kier alpha value is -2.27. The number of nitrogens with one attached hydrogen (secondary N) is 2. The molecular weight excluding hydrogens is 238 g/mol. The summed E-state index contributed by atoms with van der Waals surface area (Å²) in [6, 6.07) is 10.3. The molecule has 0 aliphatic rings. The Morgan fingerprint density at radius 3 is 2.95 bits per heavy atom. The van der Waals surface area contributed by atoms with Gasteiger partial charge < -0.3 is 5.32 Å². The zero-order chi connectivity index (χ0) is 12.9. The van der Waals surface area contributed by atoms with Crippen LogP contribution in [0.5, 0.6) is 0 Å². The van der Waals surface area contributed by atoms with Crippen molar-refractivity contribution in [3.8, 4) is 0 Å². The minimum absolute atomic E-state index is 0.831. The topological polar surface area (TPSA) is 66.5 Å². The number of rotatable bonds is 5. The summed E-state index contributed by atoms with van der Waals surface area (Å²) in [6.45, 7) is 1.70. The van der Waals surface area contributed by atoms with Gasteiger partial charge in [0.25, 0.3) is 0 Å². The Kier molecular flexibility index (Phi) is 3.47. The fourth-order valence-electron chi connectivity index (χ4n) is 2.09. The summed E-state index contributed by atoms with van der Waals surface area (Å²) < 4.78 is 0. The third kappa shape index (κ3) is 2.77. The molecule has 96 valence electrons. The molecule has 19 heavy (non-hydrogen) atoms. The van der Waals surface area contributed by atoms with Crippen molar-refractivity contribution in [2.24, 2.45) is 0 Å². The second kappa shape index (κ2) is 5.58. The van der Waals surface area contributed by atoms with Gasteiger partial charge in [-0.1, -0.05) is 18.2 Å². The van der Waals surface area contributed by atoms with Gasteiger partial charge in [0.1, 0.15) is 12.2 Å². The van der Waals surface area contributed by atoms with E-state index in [0.717, 1.165) is 30.9 Å². The number of para-hydroxylation sites is 1. The minimum atomic E-state index is 0.831. The molecule has 0 unspecified atom stereocenters. The first-order valence-electron chi connectivity index (χ1n) is 6.31. The van der Waals surface area contributed by atoms with Gasteiger partial charge in [-0.05, 0) is 17.7 Å². The number of benzene rings is 1. The molecular formula is C14H15N5. The van der Waals surface area contributed by atoms with Crippen molar-refractivity contribution in [3.63, 3.8) is 0 Å². The van der Waals surface area contributed by atoms with Crippen molar-refractivity contribution in [2.75, 3.05) is 6.54 Å². The second-order valence-corrected chi connectivity index (χ2v) is 4.35. The van der Waals surface area contributed by atoms with Crippen LogP contribution in [0.3, 0.4) is 0 Å². The standard InChI is InChI=1S/C14H15N5/c1-2-4-13-12(3-1)11(5-8-16-13)9-15-7-6-14-17-10-18-19-14/h1-5,8,10,15H,6-7,9H2,(H,17,18,19). The molecule has 2 aromatic heterocycles. The molecule has 0 radical (unpaired) electrons. The highest BCUT2D eigenvalue weighted by Gasteiger charge is 2.01. The molecule has 0 saturated heterocycles. The number of pyridine rings is 1. The second-order valence-electron chi connectivity index (χ2n) is 4.35. The first-order valence-corrected chi connectivity index (χ1v) is 6.31. The van der Waals surface area contributed by atoms with Gasteiger partial charge >= 0.3 is 0 Å². The van der Waals surface area contributed by atoms with E-state index in [2.05, 4.69) is 37.6 Å². The van der Waals surface area contributed by atoms with E-state index in [0.29, 0.717) is 0 Å². The van der Waals surface area contributed by atoms with Gasteiger partial charge in [0.15, 0.2) is 0 Å². The average molecular weight is 253 g/mol. The lowest BCUT2D eigenvalue weighted by Gasteiger charge is -2.07. The summed E-state index contributed by atoms with van der Waals surface area (Å²) in [6.07, 6.45) is 4.24. The van der Waals surface area contributed by atoms with E-state index in [9.17, 15) is 0 Å². The van der Waals surface area contributed by atoms with Gasteiger partial charge in [-0.2, -0.15) is 5.10 Å². The van der Waals surface area contributed by atoms with Gasteiger partial charge in [0, 0.05) is 31.1 Å². The maximum atomic E-state index is 4.36. The van der Waals surface area contributed by atoms with Gasteiger partial charge in [-0.25, -0.2) is 4.98 Å². The third-order valence-electron chi connectivity index (χ3n) is 3.06. The van der Waals surface area contributed by atoms with Crippen molar-refractivity contribution < 1.29 is 0 Å². The van der Waals surface area contributed by atoms with E-state index in [4.69, 9.17) is 0 Å². The van der Waals surface area contributed by atoms with Crippen molar-refractivity contribution in [1.29, 1.82) is 0 Å². The van der Waals surface area contributed by atoms with Crippen LogP contribution in [0.2, 0.25) is 0 Å². The summed E-state index contributed by atoms with van der Waals surface area (Å²) in [5, 5.41) is 11.3. The van der Waals surface area contributed by atoms with E-state index in [1.165, 1.54) is 17.3 Å². The monoisotopic (exact) mass is 253 g/mol. The van der Waals surface area contributed by atoms with E-state index < -0.39 is 0 Å². The Bertz CT molecular complexity index is 643. The molecule has 0 spiro atoms. The molecule has 0 bridgehead atoms. The molecule has 3 aromatic rings. The van der Waals surface area contributed by atoms with Crippen LogP contribution in [0.4, 0.5) is 0 Å². The maximum absolute atomic E-state index is 4.36. The molecule has 0 aliphatic heterocycles. The predicted molar refractivity (Wildman–Crippen MR) is 73.5 cm³/mol. The normalized spacial score (nSPS) is 10.9. The van der Waals surface area contributed by atoms with E-state index in [1.54, 1.807) is 0 Å². The predicted octanol–water partition coefficient (Wildman–Crippen LogP) is 1.69. The summed E-state index contributed by atoms with van der Waals surface area (Å²) in [4.78, 5) is 8.45. The SMILES string of the molecule is c1ccc2c(CNCCc3ncn[nH]3)ccnc2c1. The van der Waals surface area contributed by atoms with Gasteiger partial charge in [0.05, 0.1) is 5.52 Å². The quantitative estimate of drug-likeness (QED) is 0.679. The van der Waals surface area contributed by atoms with Gasteiger partial charge in [-0.15, -0.1) is 0 Å². The highest BCUT2D eigenvalue weighted by Crippen LogP contribution is 2.15. The molecule has 0 fully saturated rings. The number of fused-ring (bicyclic) bond motifs is 1. The minimum Gasteiger partial charge on any atom is -0.312 e. The summed E-state index contributed by atoms with van der Waals surface area (Å²) in [5.74, 6) is 0.909. The molecule has 0 amide bonds. The molecule has 3 rings (SSSR count). The highest BCUT2D eigenvalue weighted by molar-refractivity contribution is 5.81. The van der Waals surface area contributed by atoms with Crippen LogP contribution in [0.1, 0.15) is 11.4 Å². The van der Waals surface area contributed by atoms with Crippen molar-refractivity contribution in [2.45, 2.75) is 13.0 Å². The van der Waals surface area contributed by atoms with Crippen LogP contribution in [0.15, 0.2) is 42.9 Å². The lowest BCUT2D eigenvalue weighted by molar-refractivity contribution is 0.674. The number of hydrogen-bond donors (Lipinski definition) is 2. The van der Waals surface area contributed by atoms with Gasteiger partial charge in [0.2, 0.25) is 0 Å². The molecule has 0 aliphatic carbocycles. The summed E-state index contributed by atoms with van der Waals surface area (Å²) in [7, 11) is 0. The Labute approximate surface area is 111 Å². The lowest BCUT2D eigenvalue weighted by atomic mass is 10.1. The summed E-state index contributed by atoms with van der Waals surface area (Å²) >= 11 is 0. The number of H-pyrrole nitrogens is 1. The Morgan fingerprint density at radius 1 is 1.11 bits per heavy atom. The maximum Gasteiger partial charge on any atom is 0.137 e. The smallest absolute Gasteiger partial charge is 0.137 e. The number of aromatic amines is 1. The Morgan fingerprint density at radius 2 is 2.05 bits per heavy atom. The van der Waals surface area contributed by atoms with E-state index >= 15 is 0 Å². The fourth-order valence-corrected chi connectivity index (χ4v) is 2.09. The zero-order valence-electron chi connectivity index (χ0n) is 10.5. The van der Waals surface area contributed by atoms with Gasteiger partial charge in [-0.3, -0.25) is 10.1 Å². The number of aromatic nitrogens is 4. The average Bonchev–Trinajstić information content (AvgIpc) is 2.97. The molecule has 0 saturated carbocycles. The molecule has 5 heteroatoms. The molecule has 5 nitrogen and oxygen atoms in total. The van der Waals surface area contributed by atoms with Crippen LogP contribution in [-0.4, -0.2) is 26.7 Å². The lowest BCUT2D eigenvalue weighted by Crippen LogP contribution is -2.17. The number of nitrogens with zero attached hydrogens (tertiary/aromatic N) is 3. The highest BCUT2D eigenvalue weighted by atomic mass is 15.2. The molecule has 2 N–H and O–H groups in total. The van der Waals surface area contributed by atoms with Crippen molar-refractivity contribution in [1.82, 2.24) is 25.5 Å². The van der Waals surface area contributed by atoms with Crippen LogP contribution >= 0.6 is 0 Å². The van der Waals surface area contributed by atoms with Crippen LogP contribution < -0.4 is 5.32 Å². The molecule has 1 aromatic carbocycles. The first kappa shape index (κ1) is 11.8. The fraction of sp³-hybridized carbons (Fsp3) is 0.214. The van der Waals surface area contributed by atoms with Crippen LogP contribution in [-0.2, 0) is 13.0 Å². The van der Waals surface area contributed by atoms with E-state index in [1.807, 2.05) is 24.4 Å². The third-order valence-corrected chi connectivity index (χ3v) is 3.06. The number of hydrogen-bond acceptors (Lipinski definition) is 4. The molecule has 0 atom stereocenters. The van der Waals surface area contributed by atoms with E-state index in [-0.39, 0.29) is 0 Å². The Balaban J connectivity index is 1.62. The summed E-state index contributed by atoms with van der Waals surface area (Å²) in [5.41, 5.74) is 2.31. The van der Waals surface area contributed by atoms with Crippen LogP contribution in [0.25, 0.3) is 10.9 Å². The zero-order valence-corrected chi connectivity index (χ0v) is 10.5. The van der Waals surface area contributed by atoms with Crippen molar-refractivity contribution >= 4 is 10.9 Å². The van der Waals surface area contributed by atoms with Crippen molar-refractivity contribution in [3.05, 3.63) is 54.2 Å².